The second-order valence-corrected chi connectivity index (χ2v) is 4.20. The van der Waals surface area contributed by atoms with Crippen LogP contribution in [-0.2, 0) is 9.59 Å². The number of halogens is 1. The molecule has 1 aromatic carbocycles. The Bertz CT molecular complexity index is 465. The van der Waals surface area contributed by atoms with Gasteiger partial charge in [-0.2, -0.15) is 0 Å². The Morgan fingerprint density at radius 2 is 2.05 bits per heavy atom. The molecule has 19 heavy (non-hydrogen) atoms. The summed E-state index contributed by atoms with van der Waals surface area (Å²) in [6.45, 7) is 1.11. The lowest BCUT2D eigenvalue weighted by atomic mass is 10.3. The first-order valence-electron chi connectivity index (χ1n) is 5.51. The number of amides is 1. The van der Waals surface area contributed by atoms with E-state index in [1.807, 2.05) is 0 Å². The number of ether oxygens (including phenoxy) is 1. The van der Waals surface area contributed by atoms with E-state index in [0.29, 0.717) is 10.8 Å². The van der Waals surface area contributed by atoms with Gasteiger partial charge >= 0.3 is 5.97 Å². The molecule has 2 unspecified atom stereocenters. The Hall–Kier alpha value is -1.79. The molecule has 1 amide bonds. The number of para-hydroxylation sites is 1. The minimum absolute atomic E-state index is 0.352. The largest absolute Gasteiger partial charge is 0.479 e. The number of carboxylic acid groups (broad SMARTS) is 1. The molecule has 3 N–H and O–H groups in total. The predicted molar refractivity (Wildman–Crippen MR) is 68.2 cm³/mol. The van der Waals surface area contributed by atoms with Crippen LogP contribution in [0.2, 0.25) is 5.02 Å². The lowest BCUT2D eigenvalue weighted by Gasteiger charge is -2.16. The molecule has 0 aliphatic carbocycles. The molecule has 104 valence electrons. The lowest BCUT2D eigenvalue weighted by Crippen LogP contribution is -2.42. The number of carbonyl (C=O) groups excluding carboxylic acids is 1. The van der Waals surface area contributed by atoms with Gasteiger partial charge in [-0.1, -0.05) is 23.7 Å². The molecule has 0 spiro atoms. The minimum atomic E-state index is -1.64. The molecule has 0 bridgehead atoms. The van der Waals surface area contributed by atoms with Gasteiger partial charge in [0.2, 0.25) is 0 Å². The first-order valence-corrected chi connectivity index (χ1v) is 5.89. The van der Waals surface area contributed by atoms with Crippen LogP contribution in [0.4, 0.5) is 0 Å². The molecule has 0 aliphatic rings. The number of aliphatic carboxylic acids is 1. The molecule has 0 radical (unpaired) electrons. The van der Waals surface area contributed by atoms with Crippen molar-refractivity contribution in [3.8, 4) is 5.75 Å². The summed E-state index contributed by atoms with van der Waals surface area (Å²) in [6, 6.07) is 6.66. The summed E-state index contributed by atoms with van der Waals surface area (Å²) in [6.07, 6.45) is -2.50. The van der Waals surface area contributed by atoms with Crippen molar-refractivity contribution in [3.05, 3.63) is 29.3 Å². The van der Waals surface area contributed by atoms with E-state index in [1.165, 1.54) is 6.92 Å². The average Bonchev–Trinajstić information content (AvgIpc) is 2.37. The van der Waals surface area contributed by atoms with Gasteiger partial charge in [-0.25, -0.2) is 4.79 Å². The molecule has 0 saturated heterocycles. The van der Waals surface area contributed by atoms with E-state index in [0.717, 1.165) is 0 Å². The number of aliphatic hydroxyl groups excluding tert-OH is 1. The molecule has 0 heterocycles. The highest BCUT2D eigenvalue weighted by Gasteiger charge is 2.19. The van der Waals surface area contributed by atoms with Crippen molar-refractivity contribution in [3.63, 3.8) is 0 Å². The highest BCUT2D eigenvalue weighted by atomic mass is 35.5. The van der Waals surface area contributed by atoms with E-state index in [2.05, 4.69) is 5.32 Å². The maximum absolute atomic E-state index is 11.6. The summed E-state index contributed by atoms with van der Waals surface area (Å²) in [7, 11) is 0. The Morgan fingerprint density at radius 1 is 1.42 bits per heavy atom. The Kier molecular flexibility index (Phi) is 5.59. The normalized spacial score (nSPS) is 13.4. The highest BCUT2D eigenvalue weighted by molar-refractivity contribution is 6.32. The Balaban J connectivity index is 2.50. The number of carbonyl (C=O) groups is 2. The molecule has 0 fully saturated rings. The van der Waals surface area contributed by atoms with Crippen LogP contribution in [0.3, 0.4) is 0 Å². The fraction of sp³-hybridized carbons (Fsp3) is 0.333. The molecule has 2 atom stereocenters. The van der Waals surface area contributed by atoms with Gasteiger partial charge in [-0.15, -0.1) is 0 Å². The van der Waals surface area contributed by atoms with Crippen LogP contribution in [0.1, 0.15) is 6.92 Å². The number of nitrogens with one attached hydrogen (secondary N) is 1. The van der Waals surface area contributed by atoms with E-state index in [9.17, 15) is 9.59 Å². The molecule has 1 rings (SSSR count). The molecule has 6 nitrogen and oxygen atoms in total. The summed E-state index contributed by atoms with van der Waals surface area (Å²) in [5.41, 5.74) is 0. The number of hydrogen-bond acceptors (Lipinski definition) is 4. The quantitative estimate of drug-likeness (QED) is 0.715. The second-order valence-electron chi connectivity index (χ2n) is 3.79. The SMILES string of the molecule is CC(Oc1ccccc1Cl)C(=O)NCC(O)C(=O)O. The van der Waals surface area contributed by atoms with Crippen LogP contribution in [0.25, 0.3) is 0 Å². The van der Waals surface area contributed by atoms with Gasteiger partial charge in [0.05, 0.1) is 11.6 Å². The van der Waals surface area contributed by atoms with Crippen LogP contribution in [0.5, 0.6) is 5.75 Å². The van der Waals surface area contributed by atoms with E-state index in [4.69, 9.17) is 26.6 Å². The summed E-state index contributed by atoms with van der Waals surface area (Å²) in [5.74, 6) is -1.59. The number of aliphatic hydroxyl groups is 1. The number of hydrogen-bond donors (Lipinski definition) is 3. The Labute approximate surface area is 114 Å². The van der Waals surface area contributed by atoms with Crippen molar-refractivity contribution in [2.75, 3.05) is 6.54 Å². The summed E-state index contributed by atoms with van der Waals surface area (Å²) >= 11 is 5.87. The molecule has 0 aromatic heterocycles. The van der Waals surface area contributed by atoms with Gasteiger partial charge in [0.1, 0.15) is 5.75 Å². The average molecular weight is 288 g/mol. The standard InChI is InChI=1S/C12H14ClNO5/c1-7(11(16)14-6-9(15)12(17)18)19-10-5-3-2-4-8(10)13/h2-5,7,9,15H,6H2,1H3,(H,14,16)(H,17,18). The smallest absolute Gasteiger partial charge is 0.334 e. The van der Waals surface area contributed by atoms with E-state index in [-0.39, 0.29) is 6.54 Å². The topological polar surface area (TPSA) is 95.9 Å². The Morgan fingerprint density at radius 3 is 2.63 bits per heavy atom. The second kappa shape index (κ2) is 6.96. The monoisotopic (exact) mass is 287 g/mol. The van der Waals surface area contributed by atoms with E-state index >= 15 is 0 Å². The van der Waals surface area contributed by atoms with Crippen molar-refractivity contribution < 1.29 is 24.5 Å². The first-order chi connectivity index (χ1) is 8.91. The molecular formula is C12H14ClNO5. The van der Waals surface area contributed by atoms with E-state index < -0.39 is 24.1 Å². The zero-order valence-electron chi connectivity index (χ0n) is 10.2. The van der Waals surface area contributed by atoms with E-state index in [1.54, 1.807) is 24.3 Å². The third kappa shape index (κ3) is 4.76. The summed E-state index contributed by atoms with van der Waals surface area (Å²) in [5, 5.41) is 20.1. The zero-order chi connectivity index (χ0) is 14.4. The van der Waals surface area contributed by atoms with Crippen LogP contribution in [-0.4, -0.2) is 40.8 Å². The highest BCUT2D eigenvalue weighted by Crippen LogP contribution is 2.24. The maximum Gasteiger partial charge on any atom is 0.334 e. The number of carboxylic acids is 1. The molecule has 0 aliphatic heterocycles. The molecular weight excluding hydrogens is 274 g/mol. The van der Waals surface area contributed by atoms with Gasteiger partial charge in [-0.3, -0.25) is 4.79 Å². The number of benzene rings is 1. The lowest BCUT2D eigenvalue weighted by molar-refractivity contribution is -0.146. The molecule has 1 aromatic rings. The van der Waals surface area contributed by atoms with Crippen molar-refractivity contribution in [2.24, 2.45) is 0 Å². The van der Waals surface area contributed by atoms with Crippen LogP contribution in [0.15, 0.2) is 24.3 Å². The van der Waals surface area contributed by atoms with Gasteiger partial charge in [0.25, 0.3) is 5.91 Å². The van der Waals surface area contributed by atoms with Gasteiger partial charge in [0.15, 0.2) is 12.2 Å². The summed E-state index contributed by atoms with van der Waals surface area (Å²) < 4.78 is 5.33. The van der Waals surface area contributed by atoms with Crippen LogP contribution in [0, 0.1) is 0 Å². The minimum Gasteiger partial charge on any atom is -0.479 e. The maximum atomic E-state index is 11.6. The van der Waals surface area contributed by atoms with Gasteiger partial charge < -0.3 is 20.3 Å². The van der Waals surface area contributed by atoms with Crippen molar-refractivity contribution in [1.82, 2.24) is 5.32 Å². The predicted octanol–water partition coefficient (Wildman–Crippen LogP) is 0.669. The third-order valence-electron chi connectivity index (χ3n) is 2.26. The molecule has 7 heteroatoms. The fourth-order valence-electron chi connectivity index (χ4n) is 1.21. The summed E-state index contributed by atoms with van der Waals surface area (Å²) in [4.78, 5) is 22.0. The van der Waals surface area contributed by atoms with Gasteiger partial charge in [-0.05, 0) is 19.1 Å². The zero-order valence-corrected chi connectivity index (χ0v) is 10.9. The van der Waals surface area contributed by atoms with Crippen molar-refractivity contribution >= 4 is 23.5 Å². The third-order valence-corrected chi connectivity index (χ3v) is 2.58. The number of rotatable bonds is 6. The first kappa shape index (κ1) is 15.3. The molecule has 0 saturated carbocycles. The fourth-order valence-corrected chi connectivity index (χ4v) is 1.39. The van der Waals surface area contributed by atoms with Gasteiger partial charge in [0, 0.05) is 0 Å². The van der Waals surface area contributed by atoms with Crippen LogP contribution < -0.4 is 10.1 Å². The van der Waals surface area contributed by atoms with Crippen molar-refractivity contribution in [2.45, 2.75) is 19.1 Å². The van der Waals surface area contributed by atoms with Crippen molar-refractivity contribution in [1.29, 1.82) is 0 Å². The van der Waals surface area contributed by atoms with Crippen LogP contribution >= 0.6 is 11.6 Å².